The van der Waals surface area contributed by atoms with Crippen molar-refractivity contribution < 1.29 is 8.78 Å². The van der Waals surface area contributed by atoms with E-state index in [9.17, 15) is 13.6 Å². The molecule has 2 nitrogen and oxygen atoms in total. The molecule has 0 fully saturated rings. The number of aromatic amines is 1. The van der Waals surface area contributed by atoms with Gasteiger partial charge in [-0.15, -0.1) is 0 Å². The van der Waals surface area contributed by atoms with Gasteiger partial charge in [0.1, 0.15) is 0 Å². The maximum atomic E-state index is 12.3. The smallest absolute Gasteiger partial charge is 0.279 e. The summed E-state index contributed by atoms with van der Waals surface area (Å²) in [6.07, 6.45) is -2.68. The van der Waals surface area contributed by atoms with Gasteiger partial charge in [-0.2, -0.15) is 0 Å². The summed E-state index contributed by atoms with van der Waals surface area (Å²) in [4.78, 5) is 13.0. The van der Waals surface area contributed by atoms with Gasteiger partial charge in [-0.05, 0) is 21.5 Å². The molecule has 72 valence electrons. The molecule has 0 saturated heterocycles. The first-order valence-corrected chi connectivity index (χ1v) is 5.23. The van der Waals surface area contributed by atoms with Crippen molar-refractivity contribution in [3.05, 3.63) is 32.2 Å². The summed E-state index contributed by atoms with van der Waals surface area (Å²) in [5, 5.41) is 0.358. The van der Waals surface area contributed by atoms with Crippen LogP contribution in [0, 0.1) is 0 Å². The first kappa shape index (κ1) is 10.8. The molecule has 6 heteroatoms. The van der Waals surface area contributed by atoms with Gasteiger partial charge in [-0.1, -0.05) is 15.9 Å². The number of hydrogen-bond donors (Lipinski definition) is 1. The fraction of sp³-hybridized carbons (Fsp3) is 0.286. The highest BCUT2D eigenvalue weighted by molar-refractivity contribution is 9.10. The van der Waals surface area contributed by atoms with E-state index in [1.54, 1.807) is 0 Å². The molecule has 0 aliphatic heterocycles. The van der Waals surface area contributed by atoms with Crippen molar-refractivity contribution in [3.8, 4) is 0 Å². The molecule has 0 amide bonds. The van der Waals surface area contributed by atoms with Gasteiger partial charge in [0.15, 0.2) is 0 Å². The van der Waals surface area contributed by atoms with Crippen LogP contribution in [0.4, 0.5) is 8.78 Å². The Morgan fingerprint density at radius 1 is 1.54 bits per heavy atom. The highest BCUT2D eigenvalue weighted by Crippen LogP contribution is 2.27. The minimum atomic E-state index is -2.68. The van der Waals surface area contributed by atoms with Crippen molar-refractivity contribution >= 4 is 31.9 Å². The maximum Gasteiger partial charge on any atom is 0.279 e. The van der Waals surface area contributed by atoms with Crippen LogP contribution in [0.1, 0.15) is 17.7 Å². The largest absolute Gasteiger partial charge is 0.320 e. The second kappa shape index (κ2) is 4.32. The third-order valence-electron chi connectivity index (χ3n) is 1.44. The van der Waals surface area contributed by atoms with E-state index in [2.05, 4.69) is 36.8 Å². The van der Waals surface area contributed by atoms with Crippen LogP contribution in [0.5, 0.6) is 0 Å². The zero-order chi connectivity index (χ0) is 10.0. The van der Waals surface area contributed by atoms with Crippen LogP contribution in [0.15, 0.2) is 15.3 Å². The van der Waals surface area contributed by atoms with Gasteiger partial charge in [0.25, 0.3) is 6.43 Å². The fourth-order valence-corrected chi connectivity index (χ4v) is 2.21. The Labute approximate surface area is 89.6 Å². The summed E-state index contributed by atoms with van der Waals surface area (Å²) >= 11 is 6.09. The number of H-pyrrole nitrogens is 1. The van der Waals surface area contributed by atoms with E-state index in [0.29, 0.717) is 10.9 Å². The molecular weight excluding hydrogens is 312 g/mol. The summed E-state index contributed by atoms with van der Waals surface area (Å²) < 4.78 is 24.9. The van der Waals surface area contributed by atoms with Crippen LogP contribution in [0.2, 0.25) is 0 Å². The lowest BCUT2D eigenvalue weighted by molar-refractivity contribution is 0.144. The molecule has 1 rings (SSSR count). The standard InChI is InChI=1S/C7H5Br2F2NO/c8-2-3-1-4(13)12-6(5(3)9)7(10)11/h1,7H,2H2,(H,12,13). The van der Waals surface area contributed by atoms with Crippen molar-refractivity contribution in [2.24, 2.45) is 0 Å². The van der Waals surface area contributed by atoms with Gasteiger partial charge < -0.3 is 4.98 Å². The molecule has 0 spiro atoms. The number of nitrogens with one attached hydrogen (secondary N) is 1. The summed E-state index contributed by atoms with van der Waals surface area (Å²) in [6.45, 7) is 0. The Balaban J connectivity index is 3.36. The Morgan fingerprint density at radius 3 is 2.62 bits per heavy atom. The fourth-order valence-electron chi connectivity index (χ4n) is 0.866. The predicted octanol–water partition coefficient (Wildman–Crippen LogP) is 2.97. The second-order valence-electron chi connectivity index (χ2n) is 2.32. The number of rotatable bonds is 2. The molecule has 1 heterocycles. The third-order valence-corrected chi connectivity index (χ3v) is 2.98. The van der Waals surface area contributed by atoms with Crippen LogP contribution in [-0.4, -0.2) is 4.98 Å². The van der Waals surface area contributed by atoms with Crippen LogP contribution in [-0.2, 0) is 5.33 Å². The van der Waals surface area contributed by atoms with Gasteiger partial charge in [-0.25, -0.2) is 8.78 Å². The van der Waals surface area contributed by atoms with Crippen molar-refractivity contribution in [1.29, 1.82) is 0 Å². The van der Waals surface area contributed by atoms with Gasteiger partial charge in [0, 0.05) is 15.9 Å². The molecule has 0 radical (unpaired) electrons. The van der Waals surface area contributed by atoms with Gasteiger partial charge >= 0.3 is 0 Å². The Morgan fingerprint density at radius 2 is 2.15 bits per heavy atom. The van der Waals surface area contributed by atoms with Gasteiger partial charge in [0.05, 0.1) is 5.69 Å². The number of alkyl halides is 3. The molecule has 13 heavy (non-hydrogen) atoms. The minimum absolute atomic E-state index is 0.249. The Bertz CT molecular complexity index is 364. The van der Waals surface area contributed by atoms with E-state index in [-0.39, 0.29) is 10.2 Å². The second-order valence-corrected chi connectivity index (χ2v) is 3.67. The quantitative estimate of drug-likeness (QED) is 0.836. The van der Waals surface area contributed by atoms with Gasteiger partial charge in [-0.3, -0.25) is 4.79 Å². The first-order valence-electron chi connectivity index (χ1n) is 3.32. The molecule has 0 aliphatic carbocycles. The van der Waals surface area contributed by atoms with Crippen molar-refractivity contribution in [2.75, 3.05) is 0 Å². The van der Waals surface area contributed by atoms with Crippen molar-refractivity contribution in [3.63, 3.8) is 0 Å². The molecule has 1 aromatic heterocycles. The average molecular weight is 317 g/mol. The number of halogens is 4. The summed E-state index contributed by atoms with van der Waals surface area (Å²) in [7, 11) is 0. The number of pyridine rings is 1. The first-order chi connectivity index (χ1) is 6.06. The number of aromatic nitrogens is 1. The molecule has 1 N–H and O–H groups in total. The molecule has 0 atom stereocenters. The van der Waals surface area contributed by atoms with Crippen LogP contribution < -0.4 is 5.56 Å². The molecule has 0 bridgehead atoms. The van der Waals surface area contributed by atoms with E-state index in [1.165, 1.54) is 6.07 Å². The van der Waals surface area contributed by atoms with Crippen LogP contribution in [0.3, 0.4) is 0 Å². The van der Waals surface area contributed by atoms with E-state index >= 15 is 0 Å². The van der Waals surface area contributed by atoms with Crippen LogP contribution in [0.25, 0.3) is 0 Å². The summed E-state index contributed by atoms with van der Waals surface area (Å²) in [5.41, 5.74) is -0.381. The van der Waals surface area contributed by atoms with Crippen LogP contribution >= 0.6 is 31.9 Å². The minimum Gasteiger partial charge on any atom is -0.320 e. The molecule has 0 aromatic carbocycles. The number of hydrogen-bond acceptors (Lipinski definition) is 1. The highest BCUT2D eigenvalue weighted by Gasteiger charge is 2.15. The average Bonchev–Trinajstić information content (AvgIpc) is 2.08. The molecule has 0 aliphatic rings. The molecule has 0 saturated carbocycles. The van der Waals surface area contributed by atoms with Crippen molar-refractivity contribution in [1.82, 2.24) is 4.98 Å². The molecule has 0 unspecified atom stereocenters. The molecule has 1 aromatic rings. The van der Waals surface area contributed by atoms with E-state index < -0.39 is 12.0 Å². The molecular formula is C7H5Br2F2NO. The van der Waals surface area contributed by atoms with E-state index in [0.717, 1.165) is 0 Å². The third kappa shape index (κ3) is 2.37. The monoisotopic (exact) mass is 315 g/mol. The van der Waals surface area contributed by atoms with E-state index in [4.69, 9.17) is 0 Å². The topological polar surface area (TPSA) is 32.9 Å². The van der Waals surface area contributed by atoms with Gasteiger partial charge in [0.2, 0.25) is 5.56 Å². The highest BCUT2D eigenvalue weighted by atomic mass is 79.9. The lowest BCUT2D eigenvalue weighted by atomic mass is 10.2. The van der Waals surface area contributed by atoms with Crippen molar-refractivity contribution in [2.45, 2.75) is 11.8 Å². The zero-order valence-corrected chi connectivity index (χ0v) is 9.45. The summed E-state index contributed by atoms with van der Waals surface area (Å²) in [5.74, 6) is 0. The lowest BCUT2D eigenvalue weighted by Crippen LogP contribution is -2.10. The van der Waals surface area contributed by atoms with E-state index in [1.807, 2.05) is 0 Å². The normalized spacial score (nSPS) is 10.8. The Kier molecular flexibility index (Phi) is 3.61. The summed E-state index contributed by atoms with van der Waals surface area (Å²) in [6, 6.07) is 1.27. The predicted molar refractivity (Wildman–Crippen MR) is 52.4 cm³/mol. The zero-order valence-electron chi connectivity index (χ0n) is 6.28. The maximum absolute atomic E-state index is 12.3. The SMILES string of the molecule is O=c1cc(CBr)c(Br)c(C(F)F)[nH]1. The Hall–Kier alpha value is -0.230. The lowest BCUT2D eigenvalue weighted by Gasteiger charge is -2.05.